The predicted molar refractivity (Wildman–Crippen MR) is 140 cm³/mol. The predicted octanol–water partition coefficient (Wildman–Crippen LogP) is 1.23. The minimum absolute atomic E-state index is 0.0191. The molecule has 4 N–H and O–H groups in total. The van der Waals surface area contributed by atoms with E-state index < -0.39 is 6.10 Å². The summed E-state index contributed by atoms with van der Waals surface area (Å²) in [7, 11) is 1.75. The first kappa shape index (κ1) is 27.9. The van der Waals surface area contributed by atoms with Crippen LogP contribution in [0.2, 0.25) is 0 Å². The number of aromatic nitrogens is 2. The molecule has 2 aromatic rings. The third-order valence-electron chi connectivity index (χ3n) is 6.66. The number of nitrogens with one attached hydrogen (secondary N) is 3. The van der Waals surface area contributed by atoms with Gasteiger partial charge in [-0.15, -0.1) is 0 Å². The van der Waals surface area contributed by atoms with E-state index in [2.05, 4.69) is 25.9 Å². The Bertz CT molecular complexity index is 1050. The lowest BCUT2D eigenvalue weighted by molar-refractivity contribution is 0.0692. The van der Waals surface area contributed by atoms with Crippen LogP contribution in [0.25, 0.3) is 11.4 Å². The minimum atomic E-state index is -0.666. The van der Waals surface area contributed by atoms with Gasteiger partial charge in [-0.3, -0.25) is 9.59 Å². The van der Waals surface area contributed by atoms with E-state index in [-0.39, 0.29) is 47.7 Å². The topological polar surface area (TPSA) is 144 Å². The molecule has 38 heavy (non-hydrogen) atoms. The summed E-state index contributed by atoms with van der Waals surface area (Å²) in [5, 5.41) is 19.0. The summed E-state index contributed by atoms with van der Waals surface area (Å²) in [6.45, 7) is 4.57. The van der Waals surface area contributed by atoms with Crippen molar-refractivity contribution < 1.29 is 28.9 Å². The second-order valence-electron chi connectivity index (χ2n) is 9.64. The van der Waals surface area contributed by atoms with E-state index in [0.717, 1.165) is 25.7 Å². The molecule has 2 aliphatic rings. The number of rotatable bonds is 10. The van der Waals surface area contributed by atoms with Crippen molar-refractivity contribution in [3.63, 3.8) is 0 Å². The van der Waals surface area contributed by atoms with E-state index in [1.54, 1.807) is 38.2 Å². The Labute approximate surface area is 222 Å². The quantitative estimate of drug-likeness (QED) is 0.359. The first-order chi connectivity index (χ1) is 18.4. The van der Waals surface area contributed by atoms with Crippen molar-refractivity contribution in [1.29, 1.82) is 0 Å². The normalized spacial score (nSPS) is 17.6. The van der Waals surface area contributed by atoms with Gasteiger partial charge in [-0.1, -0.05) is 12.1 Å². The number of ether oxygens (including phenoxy) is 3. The molecule has 4 rings (SSSR count). The molecule has 0 aliphatic carbocycles. The zero-order valence-electron chi connectivity index (χ0n) is 22.0. The molecule has 0 spiro atoms. The molecule has 1 aromatic carbocycles. The fourth-order valence-corrected chi connectivity index (χ4v) is 4.49. The van der Waals surface area contributed by atoms with E-state index >= 15 is 0 Å². The molecule has 1 aromatic heterocycles. The van der Waals surface area contributed by atoms with Gasteiger partial charge in [-0.25, -0.2) is 9.97 Å². The molecule has 2 aliphatic heterocycles. The Morgan fingerprint density at radius 3 is 2.08 bits per heavy atom. The number of aliphatic hydroxyl groups excluding tert-OH is 1. The zero-order valence-corrected chi connectivity index (χ0v) is 22.0. The summed E-state index contributed by atoms with van der Waals surface area (Å²) < 4.78 is 16.5. The van der Waals surface area contributed by atoms with Gasteiger partial charge in [-0.2, -0.15) is 0 Å². The number of aliphatic hydroxyl groups is 1. The highest BCUT2D eigenvalue weighted by Gasteiger charge is 2.26. The lowest BCUT2D eigenvalue weighted by Crippen LogP contribution is -2.41. The van der Waals surface area contributed by atoms with Crippen molar-refractivity contribution in [2.75, 3.05) is 46.6 Å². The average Bonchev–Trinajstić information content (AvgIpc) is 2.93. The fourth-order valence-electron chi connectivity index (χ4n) is 4.49. The fraction of sp³-hybridized carbons (Fsp3) is 0.556. The summed E-state index contributed by atoms with van der Waals surface area (Å²) in [5.41, 5.74) is 1.33. The highest BCUT2D eigenvalue weighted by molar-refractivity contribution is 6.00. The monoisotopic (exact) mass is 527 g/mol. The van der Waals surface area contributed by atoms with Crippen molar-refractivity contribution in [3.8, 4) is 17.1 Å². The van der Waals surface area contributed by atoms with Crippen molar-refractivity contribution in [1.82, 2.24) is 25.9 Å². The molecule has 3 heterocycles. The van der Waals surface area contributed by atoms with Crippen LogP contribution in [0, 0.1) is 6.92 Å². The second-order valence-corrected chi connectivity index (χ2v) is 9.64. The number of benzene rings is 1. The van der Waals surface area contributed by atoms with Gasteiger partial charge in [0.15, 0.2) is 5.82 Å². The van der Waals surface area contributed by atoms with E-state index in [4.69, 9.17) is 14.2 Å². The van der Waals surface area contributed by atoms with Gasteiger partial charge < -0.3 is 35.3 Å². The molecule has 2 amide bonds. The second kappa shape index (κ2) is 13.6. The number of carbonyl (C=O) groups excluding carboxylic acids is 2. The molecule has 2 fully saturated rings. The van der Waals surface area contributed by atoms with Gasteiger partial charge in [0.1, 0.15) is 29.8 Å². The smallest absolute Gasteiger partial charge is 0.270 e. The standard InChI is InChI=1S/C27H37N5O6/c1-17-23(26(34)29-19-6-10-36-11-7-19)31-25(32-24(17)27(35)30-20-8-12-37-13-9-20)18-4-3-5-22(14-18)38-16-21(33)15-28-2/h3-5,14,19-21,28,33H,6-13,15-16H2,1-2H3,(H,29,34)(H,30,35). The van der Waals surface area contributed by atoms with Gasteiger partial charge in [0.2, 0.25) is 0 Å². The summed E-state index contributed by atoms with van der Waals surface area (Å²) in [6, 6.07) is 7.03. The van der Waals surface area contributed by atoms with E-state index in [0.29, 0.717) is 49.8 Å². The van der Waals surface area contributed by atoms with Crippen LogP contribution in [-0.4, -0.2) is 91.7 Å². The summed E-state index contributed by atoms with van der Waals surface area (Å²) in [6.07, 6.45) is 2.22. The lowest BCUT2D eigenvalue weighted by Gasteiger charge is -2.24. The Kier molecular flexibility index (Phi) is 9.99. The molecule has 206 valence electrons. The van der Waals surface area contributed by atoms with Crippen LogP contribution in [0.4, 0.5) is 0 Å². The molecular weight excluding hydrogens is 490 g/mol. The van der Waals surface area contributed by atoms with E-state index in [1.807, 2.05) is 0 Å². The third-order valence-corrected chi connectivity index (χ3v) is 6.66. The zero-order chi connectivity index (χ0) is 26.9. The minimum Gasteiger partial charge on any atom is -0.491 e. The van der Waals surface area contributed by atoms with Crippen molar-refractivity contribution in [3.05, 3.63) is 41.2 Å². The first-order valence-corrected chi connectivity index (χ1v) is 13.2. The van der Waals surface area contributed by atoms with Gasteiger partial charge in [-0.05, 0) is 51.8 Å². The highest BCUT2D eigenvalue weighted by atomic mass is 16.5. The maximum atomic E-state index is 13.3. The van der Waals surface area contributed by atoms with Crippen LogP contribution >= 0.6 is 0 Å². The number of nitrogens with zero attached hydrogens (tertiary/aromatic N) is 2. The number of carbonyl (C=O) groups is 2. The number of hydrogen-bond donors (Lipinski definition) is 4. The summed E-state index contributed by atoms with van der Waals surface area (Å²) in [4.78, 5) is 35.9. The number of amides is 2. The van der Waals surface area contributed by atoms with Gasteiger partial charge in [0.25, 0.3) is 11.8 Å². The Morgan fingerprint density at radius 2 is 1.55 bits per heavy atom. The van der Waals surface area contributed by atoms with Crippen molar-refractivity contribution in [2.45, 2.75) is 50.8 Å². The molecule has 0 radical (unpaired) electrons. The largest absolute Gasteiger partial charge is 0.491 e. The van der Waals surface area contributed by atoms with E-state index in [1.165, 1.54) is 0 Å². The molecule has 11 heteroatoms. The summed E-state index contributed by atoms with van der Waals surface area (Å²) >= 11 is 0. The molecule has 1 unspecified atom stereocenters. The molecule has 11 nitrogen and oxygen atoms in total. The average molecular weight is 528 g/mol. The van der Waals surface area contributed by atoms with E-state index in [9.17, 15) is 14.7 Å². The number of hydrogen-bond acceptors (Lipinski definition) is 9. The van der Waals surface area contributed by atoms with Gasteiger partial charge in [0.05, 0.1) is 0 Å². The first-order valence-electron chi connectivity index (χ1n) is 13.2. The van der Waals surface area contributed by atoms with Gasteiger partial charge >= 0.3 is 0 Å². The van der Waals surface area contributed by atoms with Crippen molar-refractivity contribution >= 4 is 11.8 Å². The molecule has 0 saturated carbocycles. The Hall–Kier alpha value is -3.12. The van der Waals surface area contributed by atoms with Crippen LogP contribution in [0.5, 0.6) is 5.75 Å². The maximum absolute atomic E-state index is 13.3. The van der Waals surface area contributed by atoms with Crippen LogP contribution in [0.15, 0.2) is 24.3 Å². The molecule has 2 saturated heterocycles. The van der Waals surface area contributed by atoms with Crippen LogP contribution < -0.4 is 20.7 Å². The van der Waals surface area contributed by atoms with Crippen LogP contribution in [0.1, 0.15) is 52.2 Å². The van der Waals surface area contributed by atoms with Gasteiger partial charge in [0, 0.05) is 56.2 Å². The van der Waals surface area contributed by atoms with Crippen LogP contribution in [0.3, 0.4) is 0 Å². The SMILES string of the molecule is CNCC(O)COc1cccc(-c2nc(C(=O)NC3CCOCC3)c(C)c(C(=O)NC3CCOCC3)n2)c1. The highest BCUT2D eigenvalue weighted by Crippen LogP contribution is 2.24. The Morgan fingerprint density at radius 1 is 1.00 bits per heavy atom. The summed E-state index contributed by atoms with van der Waals surface area (Å²) in [5.74, 6) is 0.0656. The van der Waals surface area contributed by atoms with Crippen LogP contribution in [-0.2, 0) is 9.47 Å². The number of likely N-dealkylation sites (N-methyl/N-ethyl adjacent to an activating group) is 1. The molecule has 1 atom stereocenters. The maximum Gasteiger partial charge on any atom is 0.270 e. The molecule has 0 bridgehead atoms. The van der Waals surface area contributed by atoms with Crippen molar-refractivity contribution in [2.24, 2.45) is 0 Å². The third kappa shape index (κ3) is 7.47. The lowest BCUT2D eigenvalue weighted by atomic mass is 10.1. The Balaban J connectivity index is 1.63. The molecular formula is C27H37N5O6.